The van der Waals surface area contributed by atoms with Crippen molar-refractivity contribution in [1.82, 2.24) is 0 Å². The standard InChI is InChI=1S/C17H33O.H2O.Sn/c1-2-3-4-5-6-7-8-9-10-11-14-17-15-12-13-16-18-17;;/h2-16H2,1H3;1H2;. The molecule has 20 heavy (non-hydrogen) atoms. The normalized spacial score (nSPS) is 22.5. The predicted octanol–water partition coefficient (Wildman–Crippen LogP) is 4.54. The van der Waals surface area contributed by atoms with Crippen molar-refractivity contribution in [1.29, 1.82) is 0 Å². The van der Waals surface area contributed by atoms with E-state index in [1.807, 2.05) is 0 Å². The fourth-order valence-corrected chi connectivity index (χ4v) is 4.25. The SMILES string of the molecule is CCCCCCCCCCCC[C]1([Sn])CCCCO1.O. The Morgan fingerprint density at radius 2 is 1.40 bits per heavy atom. The summed E-state index contributed by atoms with van der Waals surface area (Å²) in [6, 6.07) is 0. The Hall–Kier alpha value is 0.719. The molecule has 0 aromatic heterocycles. The van der Waals surface area contributed by atoms with Crippen LogP contribution in [0.5, 0.6) is 0 Å². The second-order valence-corrected chi connectivity index (χ2v) is 8.83. The first-order valence-corrected chi connectivity index (χ1v) is 10.1. The topological polar surface area (TPSA) is 40.7 Å². The Balaban J connectivity index is 0.00000361. The maximum Gasteiger partial charge on any atom is -0.412 e. The van der Waals surface area contributed by atoms with Crippen molar-refractivity contribution in [3.8, 4) is 0 Å². The van der Waals surface area contributed by atoms with Crippen LogP contribution in [0.15, 0.2) is 0 Å². The smallest absolute Gasteiger partial charge is 0.412 e. The Kier molecular flexibility index (Phi) is 13.9. The number of unbranched alkanes of at least 4 members (excludes halogenated alkanes) is 9. The summed E-state index contributed by atoms with van der Waals surface area (Å²) >= 11 is 1.61. The third kappa shape index (κ3) is 10.4. The minimum atomic E-state index is 0. The largest absolute Gasteiger partial charge is 0.412 e. The van der Waals surface area contributed by atoms with Gasteiger partial charge in [0.25, 0.3) is 0 Å². The number of rotatable bonds is 11. The zero-order valence-electron chi connectivity index (χ0n) is 13.5. The first-order valence-electron chi connectivity index (χ1n) is 8.66. The summed E-state index contributed by atoms with van der Waals surface area (Å²) in [5, 5.41) is 0. The summed E-state index contributed by atoms with van der Waals surface area (Å²) in [4.78, 5) is 0. The van der Waals surface area contributed by atoms with Gasteiger partial charge in [-0.05, 0) is 0 Å². The average molecular weight is 390 g/mol. The molecule has 1 rings (SSSR count). The van der Waals surface area contributed by atoms with Crippen LogP contribution in [0.4, 0.5) is 0 Å². The van der Waals surface area contributed by atoms with E-state index in [0.29, 0.717) is 3.62 Å². The fourth-order valence-electron chi connectivity index (χ4n) is 2.95. The van der Waals surface area contributed by atoms with E-state index in [1.54, 1.807) is 22.5 Å². The monoisotopic (exact) mass is 391 g/mol. The molecule has 2 N–H and O–H groups in total. The Bertz CT molecular complexity index is 203. The maximum atomic E-state index is 5.99. The van der Waals surface area contributed by atoms with Crippen molar-refractivity contribution >= 4 is 22.5 Å². The summed E-state index contributed by atoms with van der Waals surface area (Å²) in [5.41, 5.74) is 0. The van der Waals surface area contributed by atoms with E-state index in [-0.39, 0.29) is 5.48 Å². The molecule has 0 aromatic rings. The van der Waals surface area contributed by atoms with Crippen LogP contribution in [0.2, 0.25) is 0 Å². The molecule has 1 atom stereocenters. The molecule has 1 heterocycles. The first kappa shape index (κ1) is 20.7. The van der Waals surface area contributed by atoms with Crippen LogP contribution in [0.3, 0.4) is 0 Å². The molecule has 1 unspecified atom stereocenters. The molecule has 0 spiro atoms. The third-order valence-corrected chi connectivity index (χ3v) is 6.13. The molecule has 2 nitrogen and oxygen atoms in total. The van der Waals surface area contributed by atoms with Crippen LogP contribution in [-0.2, 0) is 4.74 Å². The summed E-state index contributed by atoms with van der Waals surface area (Å²) in [6.07, 6.45) is 19.7. The molecule has 1 aliphatic heterocycles. The van der Waals surface area contributed by atoms with Gasteiger partial charge in [0.15, 0.2) is 0 Å². The number of ether oxygens (including phenoxy) is 1. The molecular weight excluding hydrogens is 355 g/mol. The van der Waals surface area contributed by atoms with E-state index in [9.17, 15) is 0 Å². The van der Waals surface area contributed by atoms with Crippen LogP contribution in [0.25, 0.3) is 0 Å². The summed E-state index contributed by atoms with van der Waals surface area (Å²) in [5.74, 6) is 0. The molecule has 0 saturated carbocycles. The Morgan fingerprint density at radius 3 is 1.90 bits per heavy atom. The second-order valence-electron chi connectivity index (χ2n) is 6.23. The molecular formula is C17H35O2Sn. The fraction of sp³-hybridized carbons (Fsp3) is 1.00. The van der Waals surface area contributed by atoms with Crippen molar-refractivity contribution in [2.75, 3.05) is 6.61 Å². The predicted molar refractivity (Wildman–Crippen MR) is 88.4 cm³/mol. The van der Waals surface area contributed by atoms with Crippen molar-refractivity contribution in [3.05, 3.63) is 0 Å². The Labute approximate surface area is 139 Å². The molecule has 0 aliphatic carbocycles. The van der Waals surface area contributed by atoms with Gasteiger partial charge < -0.3 is 5.48 Å². The summed E-state index contributed by atoms with van der Waals surface area (Å²) in [6.45, 7) is 3.31. The molecule has 1 saturated heterocycles. The molecule has 119 valence electrons. The quantitative estimate of drug-likeness (QED) is 0.377. The van der Waals surface area contributed by atoms with Crippen LogP contribution in [0, 0.1) is 0 Å². The van der Waals surface area contributed by atoms with Gasteiger partial charge in [0.2, 0.25) is 0 Å². The minimum Gasteiger partial charge on any atom is -0.412 e. The number of hydrogen-bond acceptors (Lipinski definition) is 1. The molecule has 1 fully saturated rings. The van der Waals surface area contributed by atoms with Crippen LogP contribution in [0.1, 0.15) is 96.8 Å². The molecule has 0 amide bonds. The average Bonchev–Trinajstić information content (AvgIpc) is 2.42. The van der Waals surface area contributed by atoms with Gasteiger partial charge in [-0.15, -0.1) is 0 Å². The van der Waals surface area contributed by atoms with E-state index in [1.165, 1.54) is 89.9 Å². The summed E-state index contributed by atoms with van der Waals surface area (Å²) < 4.78 is 6.30. The number of hydrogen-bond donors (Lipinski definition) is 0. The van der Waals surface area contributed by atoms with Gasteiger partial charge in [-0.1, -0.05) is 6.92 Å². The van der Waals surface area contributed by atoms with Crippen LogP contribution in [-0.4, -0.2) is 38.2 Å². The Morgan fingerprint density at radius 1 is 0.850 bits per heavy atom. The zero-order valence-corrected chi connectivity index (χ0v) is 16.4. The van der Waals surface area contributed by atoms with Gasteiger partial charge in [0.1, 0.15) is 0 Å². The van der Waals surface area contributed by atoms with Gasteiger partial charge >= 0.3 is 127 Å². The molecule has 0 aromatic carbocycles. The van der Waals surface area contributed by atoms with E-state index >= 15 is 0 Å². The van der Waals surface area contributed by atoms with Gasteiger partial charge in [0.05, 0.1) is 0 Å². The van der Waals surface area contributed by atoms with Crippen molar-refractivity contribution in [2.45, 2.75) is 100 Å². The van der Waals surface area contributed by atoms with Gasteiger partial charge in [-0.3, -0.25) is 0 Å². The van der Waals surface area contributed by atoms with Gasteiger partial charge in [-0.25, -0.2) is 0 Å². The third-order valence-electron chi connectivity index (χ3n) is 4.29. The van der Waals surface area contributed by atoms with E-state index in [4.69, 9.17) is 4.74 Å². The van der Waals surface area contributed by atoms with Gasteiger partial charge in [0, 0.05) is 0 Å². The van der Waals surface area contributed by atoms with Crippen molar-refractivity contribution in [3.63, 3.8) is 0 Å². The van der Waals surface area contributed by atoms with Gasteiger partial charge in [-0.2, -0.15) is 0 Å². The van der Waals surface area contributed by atoms with Crippen molar-refractivity contribution < 1.29 is 10.2 Å². The van der Waals surface area contributed by atoms with E-state index < -0.39 is 0 Å². The molecule has 3 radical (unpaired) electrons. The van der Waals surface area contributed by atoms with Crippen molar-refractivity contribution in [2.24, 2.45) is 0 Å². The molecule has 0 bridgehead atoms. The summed E-state index contributed by atoms with van der Waals surface area (Å²) in [7, 11) is 0. The zero-order chi connectivity index (χ0) is 13.8. The van der Waals surface area contributed by atoms with E-state index in [2.05, 4.69) is 6.92 Å². The molecule has 3 heteroatoms. The minimum absolute atomic E-state index is 0. The van der Waals surface area contributed by atoms with E-state index in [0.717, 1.165) is 6.61 Å². The van der Waals surface area contributed by atoms with Crippen LogP contribution < -0.4 is 0 Å². The first-order chi connectivity index (χ1) is 9.27. The van der Waals surface area contributed by atoms with Crippen LogP contribution >= 0.6 is 0 Å². The second kappa shape index (κ2) is 13.4. The maximum absolute atomic E-state index is 5.99. The molecule has 1 aliphatic rings.